The zero-order chi connectivity index (χ0) is 10.7. The summed E-state index contributed by atoms with van der Waals surface area (Å²) in [7, 11) is 0. The van der Waals surface area contributed by atoms with E-state index in [-0.39, 0.29) is 5.91 Å². The van der Waals surface area contributed by atoms with Gasteiger partial charge in [-0.25, -0.2) is 0 Å². The largest absolute Gasteiger partial charge is 0.380 e. The van der Waals surface area contributed by atoms with E-state index in [0.29, 0.717) is 35.8 Å². The van der Waals surface area contributed by atoms with Gasteiger partial charge in [0.15, 0.2) is 0 Å². The average Bonchev–Trinajstić information content (AvgIpc) is 2.53. The zero-order valence-corrected chi connectivity index (χ0v) is 9.55. The lowest BCUT2D eigenvalue weighted by atomic mass is 10.4. The van der Waals surface area contributed by atoms with Crippen LogP contribution in [0.5, 0.6) is 0 Å². The lowest BCUT2D eigenvalue weighted by Crippen LogP contribution is -2.33. The molecule has 0 N–H and O–H groups in total. The molecule has 2 heterocycles. The van der Waals surface area contributed by atoms with Crippen LogP contribution in [-0.2, 0) is 4.74 Å². The summed E-state index contributed by atoms with van der Waals surface area (Å²) in [4.78, 5) is 13.6. The number of nitrogens with zero attached hydrogens (tertiary/aromatic N) is 3. The summed E-state index contributed by atoms with van der Waals surface area (Å²) < 4.78 is 5.56. The van der Waals surface area contributed by atoms with E-state index >= 15 is 0 Å². The van der Waals surface area contributed by atoms with Crippen LogP contribution < -0.4 is 0 Å². The van der Waals surface area contributed by atoms with Gasteiger partial charge >= 0.3 is 0 Å². The Hall–Kier alpha value is -0.720. The van der Waals surface area contributed by atoms with Crippen LogP contribution in [0.2, 0.25) is 4.47 Å². The third-order valence-corrected chi connectivity index (χ3v) is 3.10. The first kappa shape index (κ1) is 10.8. The maximum Gasteiger partial charge on any atom is 0.284 e. The standard InChI is InChI=1S/C8H10ClN3O2S/c9-8-11-10-6(15-8)7(13)12-2-1-4-14-5-3-12/h1-5H2. The van der Waals surface area contributed by atoms with E-state index in [1.807, 2.05) is 0 Å². The van der Waals surface area contributed by atoms with Crippen molar-refractivity contribution >= 4 is 28.8 Å². The molecule has 0 aromatic carbocycles. The van der Waals surface area contributed by atoms with Crippen LogP contribution in [0.15, 0.2) is 0 Å². The molecular weight excluding hydrogens is 238 g/mol. The highest BCUT2D eigenvalue weighted by Gasteiger charge is 2.20. The molecule has 1 amide bonds. The van der Waals surface area contributed by atoms with E-state index in [4.69, 9.17) is 16.3 Å². The van der Waals surface area contributed by atoms with E-state index in [2.05, 4.69) is 10.2 Å². The van der Waals surface area contributed by atoms with Crippen LogP contribution >= 0.6 is 22.9 Å². The summed E-state index contributed by atoms with van der Waals surface area (Å²) in [6.45, 7) is 2.60. The van der Waals surface area contributed by atoms with E-state index in [0.717, 1.165) is 17.8 Å². The van der Waals surface area contributed by atoms with Crippen LogP contribution in [-0.4, -0.2) is 47.3 Å². The van der Waals surface area contributed by atoms with Crippen LogP contribution in [0.3, 0.4) is 0 Å². The Morgan fingerprint density at radius 1 is 1.40 bits per heavy atom. The molecule has 0 bridgehead atoms. The van der Waals surface area contributed by atoms with Gasteiger partial charge in [0.25, 0.3) is 5.91 Å². The topological polar surface area (TPSA) is 55.3 Å². The Morgan fingerprint density at radius 2 is 2.27 bits per heavy atom. The molecular formula is C8H10ClN3O2S. The molecule has 1 aromatic heterocycles. The predicted octanol–water partition coefficient (Wildman–Crippen LogP) is 1.05. The minimum Gasteiger partial charge on any atom is -0.380 e. The molecule has 1 aliphatic heterocycles. The van der Waals surface area contributed by atoms with Gasteiger partial charge in [-0.15, -0.1) is 10.2 Å². The Labute approximate surface area is 96.0 Å². The Morgan fingerprint density at radius 3 is 3.00 bits per heavy atom. The molecule has 2 rings (SSSR count). The maximum atomic E-state index is 11.9. The molecule has 0 atom stereocenters. The SMILES string of the molecule is O=C(c1nnc(Cl)s1)N1CCCOCC1. The lowest BCUT2D eigenvalue weighted by molar-refractivity contribution is 0.0740. The molecule has 1 aromatic rings. The summed E-state index contributed by atoms with van der Waals surface area (Å²) in [6, 6.07) is 0. The third-order valence-electron chi connectivity index (χ3n) is 2.09. The number of carbonyl (C=O) groups excluding carboxylic acids is 1. The van der Waals surface area contributed by atoms with Crippen molar-refractivity contribution in [2.45, 2.75) is 6.42 Å². The minimum atomic E-state index is -0.107. The number of rotatable bonds is 1. The molecule has 0 unspecified atom stereocenters. The van der Waals surface area contributed by atoms with Crippen LogP contribution in [0.4, 0.5) is 0 Å². The van der Waals surface area contributed by atoms with E-state index < -0.39 is 0 Å². The van der Waals surface area contributed by atoms with Gasteiger partial charge in [0.05, 0.1) is 6.61 Å². The number of ether oxygens (including phenoxy) is 1. The monoisotopic (exact) mass is 247 g/mol. The second-order valence-corrected chi connectivity index (χ2v) is 4.68. The Bertz CT molecular complexity index is 349. The minimum absolute atomic E-state index is 0.107. The van der Waals surface area contributed by atoms with E-state index in [9.17, 15) is 4.79 Å². The zero-order valence-electron chi connectivity index (χ0n) is 7.98. The van der Waals surface area contributed by atoms with Crippen molar-refractivity contribution in [1.29, 1.82) is 0 Å². The van der Waals surface area contributed by atoms with Crippen molar-refractivity contribution < 1.29 is 9.53 Å². The van der Waals surface area contributed by atoms with Gasteiger partial charge in [0.2, 0.25) is 9.47 Å². The van der Waals surface area contributed by atoms with Crippen molar-refractivity contribution in [2.75, 3.05) is 26.3 Å². The second kappa shape index (κ2) is 4.87. The molecule has 82 valence electrons. The normalized spacial score (nSPS) is 17.5. The number of amides is 1. The molecule has 15 heavy (non-hydrogen) atoms. The smallest absolute Gasteiger partial charge is 0.284 e. The summed E-state index contributed by atoms with van der Waals surface area (Å²) in [5.41, 5.74) is 0. The van der Waals surface area contributed by atoms with Gasteiger partial charge in [-0.2, -0.15) is 0 Å². The molecule has 7 heteroatoms. The first-order chi connectivity index (χ1) is 7.27. The summed E-state index contributed by atoms with van der Waals surface area (Å²) >= 11 is 6.73. The quantitative estimate of drug-likeness (QED) is 0.745. The molecule has 1 saturated heterocycles. The van der Waals surface area contributed by atoms with Crippen LogP contribution in [0, 0.1) is 0 Å². The fraction of sp³-hybridized carbons (Fsp3) is 0.625. The van der Waals surface area contributed by atoms with E-state index in [1.54, 1.807) is 4.90 Å². The van der Waals surface area contributed by atoms with Gasteiger partial charge in [0.1, 0.15) is 0 Å². The van der Waals surface area contributed by atoms with Crippen molar-refractivity contribution in [3.8, 4) is 0 Å². The highest BCUT2D eigenvalue weighted by atomic mass is 35.5. The van der Waals surface area contributed by atoms with Gasteiger partial charge in [-0.05, 0) is 18.0 Å². The van der Waals surface area contributed by atoms with Crippen molar-refractivity contribution in [3.05, 3.63) is 9.47 Å². The highest BCUT2D eigenvalue weighted by molar-refractivity contribution is 7.17. The molecule has 0 aliphatic carbocycles. The predicted molar refractivity (Wildman–Crippen MR) is 56.3 cm³/mol. The fourth-order valence-corrected chi connectivity index (χ4v) is 2.17. The van der Waals surface area contributed by atoms with E-state index in [1.165, 1.54) is 0 Å². The Balaban J connectivity index is 2.06. The molecule has 0 radical (unpaired) electrons. The van der Waals surface area contributed by atoms with Gasteiger partial charge in [-0.1, -0.05) is 11.3 Å². The van der Waals surface area contributed by atoms with Crippen molar-refractivity contribution in [2.24, 2.45) is 0 Å². The molecule has 5 nitrogen and oxygen atoms in total. The number of carbonyl (C=O) groups is 1. The molecule has 1 fully saturated rings. The second-order valence-electron chi connectivity index (χ2n) is 3.12. The number of halogens is 1. The number of hydrogen-bond donors (Lipinski definition) is 0. The summed E-state index contributed by atoms with van der Waals surface area (Å²) in [5, 5.41) is 7.69. The lowest BCUT2D eigenvalue weighted by Gasteiger charge is -2.17. The number of aromatic nitrogens is 2. The summed E-state index contributed by atoms with van der Waals surface area (Å²) in [6.07, 6.45) is 0.859. The first-order valence-corrected chi connectivity index (χ1v) is 5.83. The van der Waals surface area contributed by atoms with Gasteiger partial charge in [-0.3, -0.25) is 4.79 Å². The highest BCUT2D eigenvalue weighted by Crippen LogP contribution is 2.17. The maximum absolute atomic E-state index is 11.9. The Kier molecular flexibility index (Phi) is 3.50. The molecule has 1 aliphatic rings. The van der Waals surface area contributed by atoms with Crippen LogP contribution in [0.25, 0.3) is 0 Å². The fourth-order valence-electron chi connectivity index (χ4n) is 1.38. The van der Waals surface area contributed by atoms with Gasteiger partial charge < -0.3 is 9.64 Å². The van der Waals surface area contributed by atoms with Gasteiger partial charge in [0, 0.05) is 19.7 Å². The van der Waals surface area contributed by atoms with Crippen molar-refractivity contribution in [3.63, 3.8) is 0 Å². The molecule has 0 saturated carbocycles. The average molecular weight is 248 g/mol. The van der Waals surface area contributed by atoms with Crippen LogP contribution in [0.1, 0.15) is 16.2 Å². The number of hydrogen-bond acceptors (Lipinski definition) is 5. The summed E-state index contributed by atoms with van der Waals surface area (Å²) in [5.74, 6) is -0.107. The third kappa shape index (κ3) is 2.64. The molecule has 0 spiro atoms. The van der Waals surface area contributed by atoms with Crippen molar-refractivity contribution in [1.82, 2.24) is 15.1 Å². The first-order valence-electron chi connectivity index (χ1n) is 4.63.